The summed E-state index contributed by atoms with van der Waals surface area (Å²) in [7, 11) is 0. The highest BCUT2D eigenvalue weighted by molar-refractivity contribution is 6.09. The van der Waals surface area contributed by atoms with E-state index in [2.05, 4.69) is 9.98 Å². The van der Waals surface area contributed by atoms with Crippen LogP contribution in [-0.4, -0.2) is 17.2 Å². The van der Waals surface area contributed by atoms with Gasteiger partial charge in [-0.15, -0.1) is 0 Å². The Kier molecular flexibility index (Phi) is 7.43. The van der Waals surface area contributed by atoms with Crippen molar-refractivity contribution in [3.8, 4) is 0 Å². The minimum Gasteiger partial charge on any atom is -0.404 e. The van der Waals surface area contributed by atoms with Gasteiger partial charge in [0.1, 0.15) is 5.82 Å². The molecule has 0 aliphatic rings. The van der Waals surface area contributed by atoms with Crippen molar-refractivity contribution in [3.05, 3.63) is 30.1 Å². The topological polar surface area (TPSA) is 77.3 Å². The second-order valence-corrected chi connectivity index (χ2v) is 3.47. The van der Waals surface area contributed by atoms with Crippen molar-refractivity contribution in [1.82, 2.24) is 4.98 Å². The van der Waals surface area contributed by atoms with Crippen LogP contribution in [0.1, 0.15) is 33.3 Å². The molecule has 0 saturated heterocycles. The molecular weight excluding hydrogens is 212 g/mol. The lowest BCUT2D eigenvalue weighted by Crippen LogP contribution is -1.97. The standard InChI is InChI=1S/C11H16N4.C2H6/c1-8(2)14-7-10(5-12)9-3-4-11(13)15-6-9;1-2/h3-8H,12H2,1-2H3,(H2,13,15);1-2H3/b10-5+,14-7?;. The maximum Gasteiger partial charge on any atom is 0.123 e. The molecule has 0 fully saturated rings. The van der Waals surface area contributed by atoms with Crippen LogP contribution in [0.25, 0.3) is 5.57 Å². The van der Waals surface area contributed by atoms with Crippen molar-refractivity contribution in [1.29, 1.82) is 0 Å². The average molecular weight is 234 g/mol. The lowest BCUT2D eigenvalue weighted by atomic mass is 10.1. The molecule has 0 atom stereocenters. The molecule has 0 saturated carbocycles. The predicted molar refractivity (Wildman–Crippen MR) is 75.8 cm³/mol. The molecule has 4 heteroatoms. The van der Waals surface area contributed by atoms with E-state index in [0.717, 1.165) is 11.1 Å². The van der Waals surface area contributed by atoms with Crippen LogP contribution in [0, 0.1) is 0 Å². The molecule has 0 aliphatic heterocycles. The van der Waals surface area contributed by atoms with Crippen LogP contribution >= 0.6 is 0 Å². The molecule has 1 aromatic rings. The Morgan fingerprint density at radius 2 is 2.00 bits per heavy atom. The third-order valence-electron chi connectivity index (χ3n) is 1.81. The number of nitrogens with two attached hydrogens (primary N) is 2. The monoisotopic (exact) mass is 234 g/mol. The van der Waals surface area contributed by atoms with Crippen molar-refractivity contribution in [3.63, 3.8) is 0 Å². The SMILES string of the molecule is CC.CC(C)N=C/C(=C\N)c1ccc(N)nc1. The molecule has 0 aliphatic carbocycles. The fraction of sp³-hybridized carbons (Fsp3) is 0.385. The van der Waals surface area contributed by atoms with Gasteiger partial charge in [-0.1, -0.05) is 13.8 Å². The van der Waals surface area contributed by atoms with E-state index in [0.29, 0.717) is 5.82 Å². The zero-order valence-electron chi connectivity index (χ0n) is 11.0. The summed E-state index contributed by atoms with van der Waals surface area (Å²) < 4.78 is 0. The van der Waals surface area contributed by atoms with Crippen molar-refractivity contribution in [2.45, 2.75) is 33.7 Å². The Morgan fingerprint density at radius 3 is 2.41 bits per heavy atom. The molecule has 0 amide bonds. The second kappa shape index (κ2) is 8.33. The van der Waals surface area contributed by atoms with Crippen LogP contribution in [0.5, 0.6) is 0 Å². The van der Waals surface area contributed by atoms with Gasteiger partial charge < -0.3 is 11.5 Å². The number of allylic oxidation sites excluding steroid dienone is 1. The van der Waals surface area contributed by atoms with Gasteiger partial charge in [0.2, 0.25) is 0 Å². The summed E-state index contributed by atoms with van der Waals surface area (Å²) in [6.07, 6.45) is 4.94. The minimum absolute atomic E-state index is 0.252. The van der Waals surface area contributed by atoms with E-state index < -0.39 is 0 Å². The molecule has 0 bridgehead atoms. The molecule has 1 rings (SSSR count). The van der Waals surface area contributed by atoms with Crippen LogP contribution < -0.4 is 11.5 Å². The van der Waals surface area contributed by atoms with Crippen LogP contribution in [0.4, 0.5) is 5.82 Å². The molecule has 1 aromatic heterocycles. The van der Waals surface area contributed by atoms with Gasteiger partial charge in [-0.25, -0.2) is 4.98 Å². The van der Waals surface area contributed by atoms with E-state index in [9.17, 15) is 0 Å². The summed E-state index contributed by atoms with van der Waals surface area (Å²) in [5, 5.41) is 0. The molecule has 0 spiro atoms. The number of nitrogens with zero attached hydrogens (tertiary/aromatic N) is 2. The van der Waals surface area contributed by atoms with E-state index in [1.165, 1.54) is 6.20 Å². The number of rotatable bonds is 3. The maximum atomic E-state index is 5.52. The van der Waals surface area contributed by atoms with Gasteiger partial charge in [0.15, 0.2) is 0 Å². The second-order valence-electron chi connectivity index (χ2n) is 3.47. The van der Waals surface area contributed by atoms with Crippen molar-refractivity contribution in [2.24, 2.45) is 10.7 Å². The summed E-state index contributed by atoms with van der Waals surface area (Å²) in [6, 6.07) is 3.86. The third-order valence-corrected chi connectivity index (χ3v) is 1.81. The number of aliphatic imine (C=N–C) groups is 1. The first-order valence-corrected chi connectivity index (χ1v) is 5.80. The molecule has 4 N–H and O–H groups in total. The highest BCUT2D eigenvalue weighted by Crippen LogP contribution is 2.11. The zero-order chi connectivity index (χ0) is 13.3. The number of aromatic nitrogens is 1. The Labute approximate surface area is 103 Å². The zero-order valence-corrected chi connectivity index (χ0v) is 11.0. The molecule has 4 nitrogen and oxygen atoms in total. The Bertz CT molecular complexity index is 364. The summed E-state index contributed by atoms with van der Waals surface area (Å²) in [5.41, 5.74) is 12.8. The van der Waals surface area contributed by atoms with E-state index in [4.69, 9.17) is 11.5 Å². The van der Waals surface area contributed by atoms with Gasteiger partial charge in [0.25, 0.3) is 0 Å². The normalized spacial score (nSPS) is 11.5. The van der Waals surface area contributed by atoms with E-state index in [1.807, 2.05) is 33.8 Å². The number of nitrogen functional groups attached to an aromatic ring is 1. The Hall–Kier alpha value is -1.84. The Balaban J connectivity index is 0.00000121. The van der Waals surface area contributed by atoms with Gasteiger partial charge in [-0.3, -0.25) is 4.99 Å². The van der Waals surface area contributed by atoms with E-state index in [-0.39, 0.29) is 6.04 Å². The number of pyridine rings is 1. The lowest BCUT2D eigenvalue weighted by Gasteiger charge is -2.02. The number of hydrogen-bond acceptors (Lipinski definition) is 4. The fourth-order valence-electron chi connectivity index (χ4n) is 1.02. The van der Waals surface area contributed by atoms with Crippen molar-refractivity contribution >= 4 is 17.6 Å². The van der Waals surface area contributed by atoms with Gasteiger partial charge in [0, 0.05) is 35.8 Å². The van der Waals surface area contributed by atoms with Gasteiger partial charge in [0.05, 0.1) is 0 Å². The highest BCUT2D eigenvalue weighted by Gasteiger charge is 1.98. The van der Waals surface area contributed by atoms with Crippen LogP contribution in [0.3, 0.4) is 0 Å². The van der Waals surface area contributed by atoms with E-state index >= 15 is 0 Å². The quantitative estimate of drug-likeness (QED) is 0.789. The number of anilines is 1. The summed E-state index contributed by atoms with van der Waals surface area (Å²) in [4.78, 5) is 8.26. The summed E-state index contributed by atoms with van der Waals surface area (Å²) in [6.45, 7) is 8.01. The molecule has 0 aromatic carbocycles. The van der Waals surface area contributed by atoms with Crippen LogP contribution in [0.2, 0.25) is 0 Å². The molecular formula is C13H22N4. The molecule has 1 heterocycles. The first-order chi connectivity index (χ1) is 8.13. The molecule has 17 heavy (non-hydrogen) atoms. The largest absolute Gasteiger partial charge is 0.404 e. The average Bonchev–Trinajstić information content (AvgIpc) is 2.34. The van der Waals surface area contributed by atoms with E-state index in [1.54, 1.807) is 18.5 Å². The van der Waals surface area contributed by atoms with Gasteiger partial charge in [-0.05, 0) is 26.0 Å². The van der Waals surface area contributed by atoms with Crippen molar-refractivity contribution < 1.29 is 0 Å². The summed E-state index contributed by atoms with van der Waals surface area (Å²) >= 11 is 0. The number of hydrogen-bond donors (Lipinski definition) is 2. The molecule has 0 radical (unpaired) electrons. The van der Waals surface area contributed by atoms with Crippen LogP contribution in [0.15, 0.2) is 29.5 Å². The maximum absolute atomic E-state index is 5.52. The highest BCUT2D eigenvalue weighted by atomic mass is 14.8. The molecule has 0 unspecified atom stereocenters. The first-order valence-electron chi connectivity index (χ1n) is 5.80. The van der Waals surface area contributed by atoms with Gasteiger partial charge in [-0.2, -0.15) is 0 Å². The Morgan fingerprint density at radius 1 is 1.35 bits per heavy atom. The lowest BCUT2D eigenvalue weighted by molar-refractivity contribution is 0.842. The molecule has 94 valence electrons. The third kappa shape index (κ3) is 5.70. The van der Waals surface area contributed by atoms with Crippen molar-refractivity contribution in [2.75, 3.05) is 5.73 Å². The predicted octanol–water partition coefficient (Wildman–Crippen LogP) is 2.47. The first kappa shape index (κ1) is 15.2. The smallest absolute Gasteiger partial charge is 0.123 e. The van der Waals surface area contributed by atoms with Crippen LogP contribution in [-0.2, 0) is 0 Å². The minimum atomic E-state index is 0.252. The summed E-state index contributed by atoms with van der Waals surface area (Å²) in [5.74, 6) is 0.496. The van der Waals surface area contributed by atoms with Gasteiger partial charge >= 0.3 is 0 Å². The fourth-order valence-corrected chi connectivity index (χ4v) is 1.02.